The molecule has 2 N–H and O–H groups in total. The lowest BCUT2D eigenvalue weighted by atomic mass is 9.88. The van der Waals surface area contributed by atoms with Crippen LogP contribution in [0.3, 0.4) is 0 Å². The number of anilines is 1. The number of amides is 1. The van der Waals surface area contributed by atoms with Gasteiger partial charge in [-0.1, -0.05) is 19.1 Å². The Morgan fingerprint density at radius 3 is 2.87 bits per heavy atom. The van der Waals surface area contributed by atoms with E-state index in [1.54, 1.807) is 13.0 Å². The summed E-state index contributed by atoms with van der Waals surface area (Å²) < 4.78 is 18.7. The number of ether oxygens (including phenoxy) is 1. The van der Waals surface area contributed by atoms with Crippen molar-refractivity contribution in [2.75, 3.05) is 19.0 Å². The van der Waals surface area contributed by atoms with E-state index in [0.717, 1.165) is 35.3 Å². The standard InChI is InChI=1S/C23H29FN2O3S/c1-5-29-23(28)20-18-10-9-14(2)11-19(18)30-22(20)25-21(27)15(3)26(4)13-16-7-6-8-17(24)12-16/h6-8,12,14-15H,5,9-11,13H2,1-4H3,(H,25,27)/p+1/t14-,15+/m1/s1. The smallest absolute Gasteiger partial charge is 0.341 e. The minimum absolute atomic E-state index is 0.166. The van der Waals surface area contributed by atoms with Crippen LogP contribution < -0.4 is 10.2 Å². The molecule has 0 fully saturated rings. The Bertz CT molecular complexity index is 927. The summed E-state index contributed by atoms with van der Waals surface area (Å²) in [6.07, 6.45) is 2.78. The number of likely N-dealkylation sites (N-methyl/N-ethyl adjacent to an activating group) is 1. The number of benzene rings is 1. The van der Waals surface area contributed by atoms with Gasteiger partial charge in [0.2, 0.25) is 0 Å². The van der Waals surface area contributed by atoms with Crippen molar-refractivity contribution in [3.05, 3.63) is 51.7 Å². The Morgan fingerprint density at radius 2 is 2.17 bits per heavy atom. The predicted octanol–water partition coefficient (Wildman–Crippen LogP) is 3.23. The van der Waals surface area contributed by atoms with Gasteiger partial charge in [0.25, 0.3) is 5.91 Å². The number of nitrogens with one attached hydrogen (secondary N) is 2. The molecule has 0 radical (unpaired) electrons. The van der Waals surface area contributed by atoms with Gasteiger partial charge in [0.15, 0.2) is 6.04 Å². The number of thiophene rings is 1. The zero-order chi connectivity index (χ0) is 21.8. The quantitative estimate of drug-likeness (QED) is 0.659. The molecule has 5 nitrogen and oxygen atoms in total. The lowest BCUT2D eigenvalue weighted by Crippen LogP contribution is -3.12. The van der Waals surface area contributed by atoms with Gasteiger partial charge >= 0.3 is 5.97 Å². The van der Waals surface area contributed by atoms with E-state index in [1.165, 1.54) is 28.3 Å². The van der Waals surface area contributed by atoms with Crippen molar-refractivity contribution < 1.29 is 23.6 Å². The average molecular weight is 434 g/mol. The summed E-state index contributed by atoms with van der Waals surface area (Å²) in [5.74, 6) is -0.251. The lowest BCUT2D eigenvalue weighted by molar-refractivity contribution is -0.907. The number of hydrogen-bond acceptors (Lipinski definition) is 4. The van der Waals surface area contributed by atoms with Gasteiger partial charge in [-0.05, 0) is 56.7 Å². The molecule has 1 unspecified atom stereocenters. The Hall–Kier alpha value is -2.25. The number of hydrogen-bond donors (Lipinski definition) is 2. The molecule has 1 heterocycles. The minimum atomic E-state index is -0.374. The molecule has 1 amide bonds. The van der Waals surface area contributed by atoms with Gasteiger partial charge in [-0.3, -0.25) is 4.79 Å². The van der Waals surface area contributed by atoms with Crippen LogP contribution >= 0.6 is 11.3 Å². The van der Waals surface area contributed by atoms with Crippen LogP contribution in [0.2, 0.25) is 0 Å². The largest absolute Gasteiger partial charge is 0.462 e. The average Bonchev–Trinajstić information content (AvgIpc) is 3.04. The van der Waals surface area contributed by atoms with E-state index in [-0.39, 0.29) is 23.7 Å². The van der Waals surface area contributed by atoms with Crippen LogP contribution in [0.25, 0.3) is 0 Å². The van der Waals surface area contributed by atoms with E-state index in [2.05, 4.69) is 12.2 Å². The van der Waals surface area contributed by atoms with Gasteiger partial charge in [-0.2, -0.15) is 0 Å². The molecule has 1 aliphatic carbocycles. The molecule has 0 spiro atoms. The third kappa shape index (κ3) is 5.08. The highest BCUT2D eigenvalue weighted by Crippen LogP contribution is 2.40. The van der Waals surface area contributed by atoms with E-state index in [4.69, 9.17) is 4.74 Å². The highest BCUT2D eigenvalue weighted by molar-refractivity contribution is 7.17. The number of esters is 1. The number of carbonyl (C=O) groups excluding carboxylic acids is 2. The molecule has 3 atom stereocenters. The van der Waals surface area contributed by atoms with Gasteiger partial charge in [0.1, 0.15) is 17.4 Å². The molecule has 0 bridgehead atoms. The fraction of sp³-hybridized carbons (Fsp3) is 0.478. The number of rotatable bonds is 7. The molecule has 2 aromatic rings. The first kappa shape index (κ1) is 22.4. The van der Waals surface area contributed by atoms with Crippen molar-refractivity contribution in [2.24, 2.45) is 5.92 Å². The molecule has 1 aliphatic rings. The molecule has 0 saturated carbocycles. The topological polar surface area (TPSA) is 59.8 Å². The summed E-state index contributed by atoms with van der Waals surface area (Å²) in [5.41, 5.74) is 2.38. The molecule has 30 heavy (non-hydrogen) atoms. The van der Waals surface area contributed by atoms with Crippen molar-refractivity contribution in [3.8, 4) is 0 Å². The first-order chi connectivity index (χ1) is 14.3. The summed E-state index contributed by atoms with van der Waals surface area (Å²) in [5, 5.41) is 3.57. The summed E-state index contributed by atoms with van der Waals surface area (Å²) in [7, 11) is 1.91. The van der Waals surface area contributed by atoms with Crippen LogP contribution in [-0.4, -0.2) is 31.6 Å². The second-order valence-electron chi connectivity index (χ2n) is 8.14. The van der Waals surface area contributed by atoms with Crippen LogP contribution in [0.4, 0.5) is 9.39 Å². The van der Waals surface area contributed by atoms with Crippen molar-refractivity contribution in [1.82, 2.24) is 0 Å². The van der Waals surface area contributed by atoms with E-state index in [9.17, 15) is 14.0 Å². The Balaban J connectivity index is 1.77. The second kappa shape index (κ2) is 9.71. The minimum Gasteiger partial charge on any atom is -0.462 e. The van der Waals surface area contributed by atoms with Crippen molar-refractivity contribution >= 4 is 28.2 Å². The van der Waals surface area contributed by atoms with Gasteiger partial charge in [0, 0.05) is 10.4 Å². The van der Waals surface area contributed by atoms with Gasteiger partial charge in [0.05, 0.1) is 19.2 Å². The molecule has 3 rings (SSSR count). The molecule has 0 aliphatic heterocycles. The van der Waals surface area contributed by atoms with E-state index >= 15 is 0 Å². The molecule has 162 valence electrons. The normalized spacial score (nSPS) is 17.7. The molecule has 7 heteroatoms. The monoisotopic (exact) mass is 433 g/mol. The summed E-state index contributed by atoms with van der Waals surface area (Å²) in [4.78, 5) is 27.7. The number of quaternary nitrogens is 1. The zero-order valence-corrected chi connectivity index (χ0v) is 18.8. The summed E-state index contributed by atoms with van der Waals surface area (Å²) >= 11 is 1.49. The number of fused-ring (bicyclic) bond motifs is 1. The van der Waals surface area contributed by atoms with E-state index < -0.39 is 0 Å². The first-order valence-corrected chi connectivity index (χ1v) is 11.3. The fourth-order valence-electron chi connectivity index (χ4n) is 3.82. The van der Waals surface area contributed by atoms with Crippen molar-refractivity contribution in [3.63, 3.8) is 0 Å². The lowest BCUT2D eigenvalue weighted by Gasteiger charge is -2.21. The molecule has 0 saturated heterocycles. The first-order valence-electron chi connectivity index (χ1n) is 10.5. The van der Waals surface area contributed by atoms with Gasteiger partial charge in [-0.15, -0.1) is 11.3 Å². The maximum absolute atomic E-state index is 13.5. The van der Waals surface area contributed by atoms with Crippen LogP contribution in [0.15, 0.2) is 24.3 Å². The van der Waals surface area contributed by atoms with E-state index in [0.29, 0.717) is 29.6 Å². The maximum atomic E-state index is 13.5. The van der Waals surface area contributed by atoms with E-state index in [1.807, 2.05) is 20.0 Å². The van der Waals surface area contributed by atoms with Gasteiger partial charge in [-0.25, -0.2) is 9.18 Å². The number of halogens is 1. The molecule has 1 aromatic carbocycles. The van der Waals surface area contributed by atoms with Gasteiger partial charge < -0.3 is 15.0 Å². The molecular formula is C23H30FN2O3S+. The Morgan fingerprint density at radius 1 is 1.40 bits per heavy atom. The highest BCUT2D eigenvalue weighted by Gasteiger charge is 2.31. The van der Waals surface area contributed by atoms with Crippen molar-refractivity contribution in [2.45, 2.75) is 52.6 Å². The highest BCUT2D eigenvalue weighted by atomic mass is 32.1. The SMILES string of the molecule is CCOC(=O)c1c(NC(=O)[C@H](C)[NH+](C)Cc2cccc(F)c2)sc2c1CC[C@@H](C)C2. The van der Waals surface area contributed by atoms with Crippen LogP contribution in [0.1, 0.15) is 53.6 Å². The van der Waals surface area contributed by atoms with Crippen LogP contribution in [0, 0.1) is 11.7 Å². The van der Waals surface area contributed by atoms with Crippen LogP contribution in [0.5, 0.6) is 0 Å². The second-order valence-corrected chi connectivity index (χ2v) is 9.25. The van der Waals surface area contributed by atoms with Crippen molar-refractivity contribution in [1.29, 1.82) is 0 Å². The predicted molar refractivity (Wildman–Crippen MR) is 117 cm³/mol. The summed E-state index contributed by atoms with van der Waals surface area (Å²) in [6, 6.07) is 6.05. The maximum Gasteiger partial charge on any atom is 0.341 e. The fourth-order valence-corrected chi connectivity index (χ4v) is 5.23. The third-order valence-electron chi connectivity index (χ3n) is 5.73. The Kier molecular flexibility index (Phi) is 7.26. The molecular weight excluding hydrogens is 403 g/mol. The Labute approximate surface area is 181 Å². The molecule has 1 aromatic heterocycles. The summed E-state index contributed by atoms with van der Waals surface area (Å²) in [6.45, 7) is 6.64. The third-order valence-corrected chi connectivity index (χ3v) is 6.90. The zero-order valence-electron chi connectivity index (χ0n) is 18.0. The number of carbonyl (C=O) groups is 2. The van der Waals surface area contributed by atoms with Crippen LogP contribution in [-0.2, 0) is 28.9 Å².